The van der Waals surface area contributed by atoms with E-state index in [4.69, 9.17) is 4.74 Å². The van der Waals surface area contributed by atoms with Crippen LogP contribution in [0.3, 0.4) is 0 Å². The first-order valence-electron chi connectivity index (χ1n) is 13.0. The third-order valence-corrected chi connectivity index (χ3v) is 6.80. The van der Waals surface area contributed by atoms with Crippen LogP contribution in [-0.2, 0) is 6.42 Å². The Kier molecular flexibility index (Phi) is 6.76. The zero-order valence-electron chi connectivity index (χ0n) is 21.4. The predicted molar refractivity (Wildman–Crippen MR) is 159 cm³/mol. The maximum atomic E-state index is 10.2. The smallest absolute Gasteiger partial charge is 0.135 e. The number of nitriles is 1. The van der Waals surface area contributed by atoms with E-state index in [1.807, 2.05) is 84.9 Å². The number of para-hydroxylation sites is 3. The van der Waals surface area contributed by atoms with Crippen molar-refractivity contribution in [1.29, 1.82) is 5.26 Å². The first-order valence-corrected chi connectivity index (χ1v) is 13.0. The van der Waals surface area contributed by atoms with E-state index < -0.39 is 0 Å². The number of benzene rings is 5. The van der Waals surface area contributed by atoms with Gasteiger partial charge in [0.1, 0.15) is 11.5 Å². The van der Waals surface area contributed by atoms with Crippen LogP contribution < -0.4 is 9.64 Å². The Bertz CT molecular complexity index is 1640. The van der Waals surface area contributed by atoms with Gasteiger partial charge in [0.25, 0.3) is 0 Å². The molecule has 3 nitrogen and oxygen atoms in total. The van der Waals surface area contributed by atoms with Gasteiger partial charge in [-0.3, -0.25) is 0 Å². The first kappa shape index (κ1) is 24.0. The molecule has 0 N–H and O–H groups in total. The molecule has 186 valence electrons. The van der Waals surface area contributed by atoms with Crippen LogP contribution in [0.25, 0.3) is 11.3 Å². The van der Waals surface area contributed by atoms with Crippen LogP contribution in [-0.4, -0.2) is 0 Å². The van der Waals surface area contributed by atoms with Crippen LogP contribution in [0.5, 0.6) is 5.75 Å². The van der Waals surface area contributed by atoms with Crippen molar-refractivity contribution in [1.82, 2.24) is 0 Å². The molecule has 0 saturated heterocycles. The second-order valence-corrected chi connectivity index (χ2v) is 9.33. The molecule has 5 aromatic carbocycles. The fourth-order valence-corrected chi connectivity index (χ4v) is 4.90. The molecule has 0 atom stereocenters. The summed E-state index contributed by atoms with van der Waals surface area (Å²) in [6.07, 6.45) is 2.57. The van der Waals surface area contributed by atoms with Gasteiger partial charge in [0.2, 0.25) is 0 Å². The number of allylic oxidation sites excluding steroid dienone is 3. The number of anilines is 3. The predicted octanol–water partition coefficient (Wildman–Crippen LogP) is 9.11. The summed E-state index contributed by atoms with van der Waals surface area (Å²) < 4.78 is 6.37. The minimum absolute atomic E-state index is 0.562. The molecule has 0 unspecified atom stereocenters. The Labute approximate surface area is 229 Å². The SMILES string of the molecule is N#C/C(Cc1ccccc1)=C1/C=C(c2ccc(N(c3ccccc3)c3ccccc3)cc2)Oc2ccccc21. The Morgan fingerprint density at radius 3 is 1.77 bits per heavy atom. The molecule has 39 heavy (non-hydrogen) atoms. The van der Waals surface area contributed by atoms with Gasteiger partial charge in [-0.2, -0.15) is 5.26 Å². The molecule has 0 fully saturated rings. The molecule has 0 saturated carbocycles. The number of ether oxygens (including phenoxy) is 1. The molecule has 1 aliphatic heterocycles. The van der Waals surface area contributed by atoms with E-state index >= 15 is 0 Å². The van der Waals surface area contributed by atoms with E-state index in [1.54, 1.807) is 0 Å². The molecular formula is C36H26N2O. The van der Waals surface area contributed by atoms with Crippen LogP contribution >= 0.6 is 0 Å². The lowest BCUT2D eigenvalue weighted by Gasteiger charge is -2.26. The van der Waals surface area contributed by atoms with Crippen molar-refractivity contribution in [2.45, 2.75) is 6.42 Å². The van der Waals surface area contributed by atoms with E-state index in [-0.39, 0.29) is 0 Å². The average molecular weight is 503 g/mol. The van der Waals surface area contributed by atoms with E-state index in [1.165, 1.54) is 0 Å². The summed E-state index contributed by atoms with van der Waals surface area (Å²) in [6, 6.07) is 49.6. The molecular weight excluding hydrogens is 476 g/mol. The Hall–Kier alpha value is -5.33. The third kappa shape index (κ3) is 5.09. The maximum absolute atomic E-state index is 10.2. The van der Waals surface area contributed by atoms with Crippen molar-refractivity contribution in [2.24, 2.45) is 0 Å². The topological polar surface area (TPSA) is 36.3 Å². The van der Waals surface area contributed by atoms with Crippen LogP contribution in [0, 0.1) is 11.3 Å². The molecule has 6 rings (SSSR count). The standard InChI is InChI=1S/C36H26N2O/c37-26-29(24-27-12-4-1-5-13-27)34-25-36(39-35-19-11-10-18-33(34)35)28-20-22-32(23-21-28)38(30-14-6-2-7-15-30)31-16-8-3-9-17-31/h1-23,25H,24H2/b34-29-. The van der Waals surface area contributed by atoms with Gasteiger partial charge in [0.15, 0.2) is 0 Å². The summed E-state index contributed by atoms with van der Waals surface area (Å²) in [7, 11) is 0. The normalized spacial score (nSPS) is 13.4. The van der Waals surface area contributed by atoms with Gasteiger partial charge in [-0.1, -0.05) is 84.9 Å². The molecule has 0 aromatic heterocycles. The minimum atomic E-state index is 0.562. The van der Waals surface area contributed by atoms with Crippen LogP contribution in [0.2, 0.25) is 0 Å². The highest BCUT2D eigenvalue weighted by Gasteiger charge is 2.21. The van der Waals surface area contributed by atoms with Crippen molar-refractivity contribution in [3.8, 4) is 11.8 Å². The number of rotatable bonds is 6. The fraction of sp³-hybridized carbons (Fsp3) is 0.0278. The molecule has 1 heterocycles. The van der Waals surface area contributed by atoms with Crippen LogP contribution in [0.15, 0.2) is 151 Å². The van der Waals surface area contributed by atoms with Crippen molar-refractivity contribution < 1.29 is 4.74 Å². The Balaban J connectivity index is 1.40. The van der Waals surface area contributed by atoms with Gasteiger partial charge >= 0.3 is 0 Å². The molecule has 0 bridgehead atoms. The summed E-state index contributed by atoms with van der Waals surface area (Å²) >= 11 is 0. The number of hydrogen-bond acceptors (Lipinski definition) is 3. The summed E-state index contributed by atoms with van der Waals surface area (Å²) in [5.74, 6) is 1.48. The van der Waals surface area contributed by atoms with Gasteiger partial charge in [0, 0.05) is 45.8 Å². The summed E-state index contributed by atoms with van der Waals surface area (Å²) in [5.41, 5.74) is 7.82. The largest absolute Gasteiger partial charge is 0.456 e. The second kappa shape index (κ2) is 11.0. The summed E-state index contributed by atoms with van der Waals surface area (Å²) in [5, 5.41) is 10.2. The maximum Gasteiger partial charge on any atom is 0.135 e. The molecule has 0 aliphatic carbocycles. The molecule has 5 aromatic rings. The van der Waals surface area contributed by atoms with E-state index in [0.717, 1.165) is 50.8 Å². The first-order chi connectivity index (χ1) is 19.3. The molecule has 0 spiro atoms. The fourth-order valence-electron chi connectivity index (χ4n) is 4.90. The zero-order chi connectivity index (χ0) is 26.4. The Morgan fingerprint density at radius 1 is 0.615 bits per heavy atom. The Morgan fingerprint density at radius 2 is 1.15 bits per heavy atom. The average Bonchev–Trinajstić information content (AvgIpc) is 3.01. The lowest BCUT2D eigenvalue weighted by molar-refractivity contribution is 0.509. The van der Waals surface area contributed by atoms with E-state index in [2.05, 4.69) is 71.6 Å². The van der Waals surface area contributed by atoms with Gasteiger partial charge in [-0.15, -0.1) is 0 Å². The zero-order valence-corrected chi connectivity index (χ0v) is 21.4. The monoisotopic (exact) mass is 502 g/mol. The highest BCUT2D eigenvalue weighted by Crippen LogP contribution is 2.40. The molecule has 1 aliphatic rings. The number of hydrogen-bond donors (Lipinski definition) is 0. The highest BCUT2D eigenvalue weighted by molar-refractivity contribution is 5.91. The minimum Gasteiger partial charge on any atom is -0.456 e. The third-order valence-electron chi connectivity index (χ3n) is 6.80. The highest BCUT2D eigenvalue weighted by atomic mass is 16.5. The van der Waals surface area contributed by atoms with Crippen molar-refractivity contribution in [2.75, 3.05) is 4.90 Å². The van der Waals surface area contributed by atoms with Gasteiger partial charge in [-0.25, -0.2) is 0 Å². The molecule has 0 amide bonds. The summed E-state index contributed by atoms with van der Waals surface area (Å²) in [6.45, 7) is 0. The van der Waals surface area contributed by atoms with E-state index in [0.29, 0.717) is 12.0 Å². The van der Waals surface area contributed by atoms with Crippen LogP contribution in [0.4, 0.5) is 17.1 Å². The van der Waals surface area contributed by atoms with Crippen molar-refractivity contribution >= 4 is 28.4 Å². The van der Waals surface area contributed by atoms with E-state index in [9.17, 15) is 5.26 Å². The number of fused-ring (bicyclic) bond motifs is 1. The lowest BCUT2D eigenvalue weighted by Crippen LogP contribution is -2.10. The second-order valence-electron chi connectivity index (χ2n) is 9.33. The molecule has 3 heteroatoms. The van der Waals surface area contributed by atoms with Crippen molar-refractivity contribution in [3.63, 3.8) is 0 Å². The quantitative estimate of drug-likeness (QED) is 0.217. The van der Waals surface area contributed by atoms with Gasteiger partial charge in [-0.05, 0) is 66.2 Å². The summed E-state index contributed by atoms with van der Waals surface area (Å²) in [4.78, 5) is 2.23. The number of nitrogens with zero attached hydrogens (tertiary/aromatic N) is 2. The van der Waals surface area contributed by atoms with Crippen molar-refractivity contribution in [3.05, 3.63) is 168 Å². The van der Waals surface area contributed by atoms with Gasteiger partial charge < -0.3 is 9.64 Å². The lowest BCUT2D eigenvalue weighted by atomic mass is 9.92. The van der Waals surface area contributed by atoms with Crippen LogP contribution in [0.1, 0.15) is 16.7 Å². The van der Waals surface area contributed by atoms with Gasteiger partial charge in [0.05, 0.1) is 6.07 Å². The molecule has 0 radical (unpaired) electrons.